The molecule has 0 aliphatic heterocycles. The van der Waals surface area contributed by atoms with Gasteiger partial charge in [-0.3, -0.25) is 4.79 Å². The summed E-state index contributed by atoms with van der Waals surface area (Å²) in [7, 11) is 0. The van der Waals surface area contributed by atoms with Gasteiger partial charge in [0.25, 0.3) is 0 Å². The highest BCUT2D eigenvalue weighted by atomic mass is 16.2. The Morgan fingerprint density at radius 2 is 1.83 bits per heavy atom. The summed E-state index contributed by atoms with van der Waals surface area (Å²) in [5.41, 5.74) is 3.79. The third-order valence-corrected chi connectivity index (χ3v) is 3.01. The summed E-state index contributed by atoms with van der Waals surface area (Å²) in [5.74, 6) is 0.0498. The molecule has 3 heteroatoms. The Morgan fingerprint density at radius 1 is 1.17 bits per heavy atom. The van der Waals surface area contributed by atoms with Crippen LogP contribution in [0.3, 0.4) is 0 Å². The smallest absolute Gasteiger partial charge is 0.237 e. The molecule has 1 amide bonds. The predicted octanol–water partition coefficient (Wildman–Crippen LogP) is 2.31. The van der Waals surface area contributed by atoms with Crippen LogP contribution in [0.5, 0.6) is 0 Å². The van der Waals surface area contributed by atoms with Crippen LogP contribution >= 0.6 is 0 Å². The van der Waals surface area contributed by atoms with Gasteiger partial charge in [-0.25, -0.2) is 0 Å². The molecule has 0 aromatic heterocycles. The van der Waals surface area contributed by atoms with Gasteiger partial charge in [-0.05, 0) is 51.3 Å². The van der Waals surface area contributed by atoms with E-state index in [1.165, 1.54) is 16.7 Å². The first kappa shape index (κ1) is 14.7. The molecule has 18 heavy (non-hydrogen) atoms. The molecule has 0 aliphatic carbocycles. The average Bonchev–Trinajstić information content (AvgIpc) is 2.29. The maximum absolute atomic E-state index is 11.7. The molecule has 0 radical (unpaired) electrons. The Balaban J connectivity index is 2.49. The number of nitrogens with one attached hydrogen (secondary N) is 2. The SMILES string of the molecule is Cc1ccc(CNC(C)C(=O)NC(C)C)cc1C. The van der Waals surface area contributed by atoms with Crippen molar-refractivity contribution < 1.29 is 4.79 Å². The second-order valence-corrected chi connectivity index (χ2v) is 5.18. The standard InChI is InChI=1S/C15H24N2O/c1-10(2)17-15(18)13(5)16-9-14-7-6-11(3)12(4)8-14/h6-8,10,13,16H,9H2,1-5H3,(H,17,18). The van der Waals surface area contributed by atoms with E-state index >= 15 is 0 Å². The van der Waals surface area contributed by atoms with E-state index in [9.17, 15) is 4.79 Å². The zero-order valence-electron chi connectivity index (χ0n) is 12.0. The Bertz CT molecular complexity index is 413. The highest BCUT2D eigenvalue weighted by Crippen LogP contribution is 2.09. The molecule has 0 bridgehead atoms. The first-order valence-electron chi connectivity index (χ1n) is 6.50. The van der Waals surface area contributed by atoms with Crippen LogP contribution in [0.25, 0.3) is 0 Å². The molecule has 1 unspecified atom stereocenters. The van der Waals surface area contributed by atoms with E-state index in [1.807, 2.05) is 20.8 Å². The summed E-state index contributed by atoms with van der Waals surface area (Å²) in [5, 5.41) is 6.14. The van der Waals surface area contributed by atoms with Crippen LogP contribution in [-0.4, -0.2) is 18.0 Å². The molecule has 100 valence electrons. The van der Waals surface area contributed by atoms with Crippen molar-refractivity contribution in [2.24, 2.45) is 0 Å². The number of carbonyl (C=O) groups excluding carboxylic acids is 1. The monoisotopic (exact) mass is 248 g/mol. The lowest BCUT2D eigenvalue weighted by atomic mass is 10.1. The number of benzene rings is 1. The minimum Gasteiger partial charge on any atom is -0.353 e. The van der Waals surface area contributed by atoms with Gasteiger partial charge >= 0.3 is 0 Å². The van der Waals surface area contributed by atoms with Crippen LogP contribution in [-0.2, 0) is 11.3 Å². The van der Waals surface area contributed by atoms with Gasteiger partial charge in [-0.1, -0.05) is 18.2 Å². The van der Waals surface area contributed by atoms with Gasteiger partial charge < -0.3 is 10.6 Å². The van der Waals surface area contributed by atoms with E-state index in [2.05, 4.69) is 42.7 Å². The lowest BCUT2D eigenvalue weighted by Crippen LogP contribution is -2.44. The molecule has 0 saturated carbocycles. The predicted molar refractivity (Wildman–Crippen MR) is 75.5 cm³/mol. The molecule has 1 aromatic carbocycles. The van der Waals surface area contributed by atoms with Crippen molar-refractivity contribution in [3.05, 3.63) is 34.9 Å². The quantitative estimate of drug-likeness (QED) is 0.839. The molecular weight excluding hydrogens is 224 g/mol. The molecule has 0 heterocycles. The molecular formula is C15H24N2O. The van der Waals surface area contributed by atoms with Gasteiger partial charge in [0.05, 0.1) is 6.04 Å². The van der Waals surface area contributed by atoms with Crippen LogP contribution < -0.4 is 10.6 Å². The fraction of sp³-hybridized carbons (Fsp3) is 0.533. The number of hydrogen-bond donors (Lipinski definition) is 2. The second kappa shape index (κ2) is 6.55. The minimum absolute atomic E-state index is 0.0498. The molecule has 1 aromatic rings. The van der Waals surface area contributed by atoms with Gasteiger partial charge in [-0.15, -0.1) is 0 Å². The summed E-state index contributed by atoms with van der Waals surface area (Å²) in [6.45, 7) is 10.7. The highest BCUT2D eigenvalue weighted by molar-refractivity contribution is 5.81. The largest absolute Gasteiger partial charge is 0.353 e. The van der Waals surface area contributed by atoms with E-state index in [-0.39, 0.29) is 18.0 Å². The van der Waals surface area contributed by atoms with E-state index < -0.39 is 0 Å². The van der Waals surface area contributed by atoms with Crippen LogP contribution in [0, 0.1) is 13.8 Å². The first-order valence-corrected chi connectivity index (χ1v) is 6.50. The van der Waals surface area contributed by atoms with Crippen molar-refractivity contribution in [1.29, 1.82) is 0 Å². The maximum Gasteiger partial charge on any atom is 0.237 e. The van der Waals surface area contributed by atoms with Crippen LogP contribution in [0.1, 0.15) is 37.5 Å². The summed E-state index contributed by atoms with van der Waals surface area (Å²) >= 11 is 0. The van der Waals surface area contributed by atoms with E-state index in [4.69, 9.17) is 0 Å². The Kier molecular flexibility index (Phi) is 5.35. The third-order valence-electron chi connectivity index (χ3n) is 3.01. The van der Waals surface area contributed by atoms with Gasteiger partial charge in [0.15, 0.2) is 0 Å². The second-order valence-electron chi connectivity index (χ2n) is 5.18. The summed E-state index contributed by atoms with van der Waals surface area (Å²) in [6.07, 6.45) is 0. The molecule has 0 fully saturated rings. The van der Waals surface area contributed by atoms with Crippen molar-refractivity contribution in [1.82, 2.24) is 10.6 Å². The van der Waals surface area contributed by atoms with Gasteiger partial charge in [0, 0.05) is 12.6 Å². The minimum atomic E-state index is -0.172. The fourth-order valence-corrected chi connectivity index (χ4v) is 1.69. The van der Waals surface area contributed by atoms with E-state index in [1.54, 1.807) is 0 Å². The number of rotatable bonds is 5. The molecule has 0 spiro atoms. The lowest BCUT2D eigenvalue weighted by molar-refractivity contribution is -0.123. The van der Waals surface area contributed by atoms with Gasteiger partial charge in [0.2, 0.25) is 5.91 Å². The lowest BCUT2D eigenvalue weighted by Gasteiger charge is -2.16. The van der Waals surface area contributed by atoms with Crippen LogP contribution in [0.15, 0.2) is 18.2 Å². The normalized spacial score (nSPS) is 12.6. The number of amides is 1. The van der Waals surface area contributed by atoms with E-state index in [0.717, 1.165) is 0 Å². The Morgan fingerprint density at radius 3 is 2.39 bits per heavy atom. The maximum atomic E-state index is 11.7. The van der Waals surface area contributed by atoms with Crippen molar-refractivity contribution in [3.8, 4) is 0 Å². The first-order chi connectivity index (χ1) is 8.40. The summed E-state index contributed by atoms with van der Waals surface area (Å²) in [6, 6.07) is 6.39. The number of aryl methyl sites for hydroxylation is 2. The van der Waals surface area contributed by atoms with Crippen molar-refractivity contribution in [2.45, 2.75) is 53.2 Å². The van der Waals surface area contributed by atoms with Crippen LogP contribution in [0.2, 0.25) is 0 Å². The average molecular weight is 248 g/mol. The molecule has 1 rings (SSSR count). The molecule has 1 atom stereocenters. The van der Waals surface area contributed by atoms with Gasteiger partial charge in [0.1, 0.15) is 0 Å². The Labute approximate surface area is 110 Å². The summed E-state index contributed by atoms with van der Waals surface area (Å²) < 4.78 is 0. The third kappa shape index (κ3) is 4.49. The molecule has 0 aliphatic rings. The highest BCUT2D eigenvalue weighted by Gasteiger charge is 2.12. The fourth-order valence-electron chi connectivity index (χ4n) is 1.69. The molecule has 0 saturated heterocycles. The van der Waals surface area contributed by atoms with Crippen molar-refractivity contribution >= 4 is 5.91 Å². The number of carbonyl (C=O) groups is 1. The Hall–Kier alpha value is -1.35. The molecule has 2 N–H and O–H groups in total. The topological polar surface area (TPSA) is 41.1 Å². The van der Waals surface area contributed by atoms with E-state index in [0.29, 0.717) is 6.54 Å². The van der Waals surface area contributed by atoms with Gasteiger partial charge in [-0.2, -0.15) is 0 Å². The zero-order chi connectivity index (χ0) is 13.7. The summed E-state index contributed by atoms with van der Waals surface area (Å²) in [4.78, 5) is 11.7. The van der Waals surface area contributed by atoms with Crippen molar-refractivity contribution in [2.75, 3.05) is 0 Å². The van der Waals surface area contributed by atoms with Crippen molar-refractivity contribution in [3.63, 3.8) is 0 Å². The number of hydrogen-bond acceptors (Lipinski definition) is 2. The molecule has 3 nitrogen and oxygen atoms in total. The van der Waals surface area contributed by atoms with Crippen LogP contribution in [0.4, 0.5) is 0 Å². The zero-order valence-corrected chi connectivity index (χ0v) is 12.0.